The van der Waals surface area contributed by atoms with Gasteiger partial charge in [0, 0.05) is 21.9 Å². The highest BCUT2D eigenvalue weighted by molar-refractivity contribution is 7.98. The quantitative estimate of drug-likeness (QED) is 0.472. The minimum absolute atomic E-state index is 0.0435. The van der Waals surface area contributed by atoms with Crippen LogP contribution in [0.25, 0.3) is 11.3 Å². The predicted molar refractivity (Wildman–Crippen MR) is 124 cm³/mol. The monoisotopic (exact) mass is 438 g/mol. The van der Waals surface area contributed by atoms with Crippen LogP contribution < -0.4 is 14.9 Å². The van der Waals surface area contributed by atoms with Gasteiger partial charge in [-0.3, -0.25) is 9.79 Å². The molecule has 4 rings (SSSR count). The summed E-state index contributed by atoms with van der Waals surface area (Å²) < 4.78 is 7.32. The number of benzene rings is 2. The van der Waals surface area contributed by atoms with Crippen LogP contribution in [0.4, 0.5) is 5.69 Å². The van der Waals surface area contributed by atoms with Crippen LogP contribution in [0, 0.1) is 0 Å². The number of carbonyl (C=O) groups is 1. The van der Waals surface area contributed by atoms with E-state index in [4.69, 9.17) is 14.8 Å². The number of anilines is 1. The van der Waals surface area contributed by atoms with Gasteiger partial charge in [-0.05, 0) is 56.0 Å². The van der Waals surface area contributed by atoms with Gasteiger partial charge in [0.15, 0.2) is 6.61 Å². The van der Waals surface area contributed by atoms with Crippen molar-refractivity contribution in [1.82, 2.24) is 4.68 Å². The molecular formula is C22H22N4O2S2. The van der Waals surface area contributed by atoms with Crippen LogP contribution in [0.5, 0.6) is 5.75 Å². The molecule has 154 valence electrons. The van der Waals surface area contributed by atoms with Crippen molar-refractivity contribution in [2.45, 2.75) is 24.8 Å². The second kappa shape index (κ2) is 8.89. The highest BCUT2D eigenvalue weighted by Crippen LogP contribution is 2.32. The molecule has 0 saturated carbocycles. The van der Waals surface area contributed by atoms with E-state index in [1.807, 2.05) is 60.5 Å². The predicted octanol–water partition coefficient (Wildman–Crippen LogP) is 4.46. The van der Waals surface area contributed by atoms with Crippen LogP contribution in [0.2, 0.25) is 0 Å². The lowest BCUT2D eigenvalue weighted by atomic mass is 10.1. The summed E-state index contributed by atoms with van der Waals surface area (Å²) in [6.45, 7) is 4.13. The standard InChI is InChI=1S/C22H22N4O2S2/c1-14(2)24-22-26(23-11-15-4-7-17(29-3)8-5-15)19(13-30-22)16-6-9-20-18(10-16)25-21(27)12-28-20/h4-11,13-14H,12H2,1-3H3,(H,25,27). The number of ether oxygens (including phenoxy) is 1. The Labute approximate surface area is 183 Å². The fourth-order valence-corrected chi connectivity index (χ4v) is 4.35. The molecule has 0 aliphatic carbocycles. The van der Waals surface area contributed by atoms with E-state index in [1.165, 1.54) is 16.2 Å². The second-order valence-electron chi connectivity index (χ2n) is 7.00. The third-order valence-electron chi connectivity index (χ3n) is 4.40. The first kappa shape index (κ1) is 20.4. The second-order valence-corrected chi connectivity index (χ2v) is 8.72. The maximum atomic E-state index is 11.7. The molecule has 8 heteroatoms. The van der Waals surface area contributed by atoms with Crippen molar-refractivity contribution >= 4 is 40.9 Å². The van der Waals surface area contributed by atoms with Crippen molar-refractivity contribution in [2.75, 3.05) is 18.2 Å². The van der Waals surface area contributed by atoms with Gasteiger partial charge in [-0.15, -0.1) is 23.1 Å². The Morgan fingerprint density at radius 3 is 2.77 bits per heavy atom. The van der Waals surface area contributed by atoms with Crippen LogP contribution in [-0.4, -0.2) is 35.7 Å². The average molecular weight is 439 g/mol. The topological polar surface area (TPSA) is 68.0 Å². The molecule has 0 fully saturated rings. The van der Waals surface area contributed by atoms with E-state index in [1.54, 1.807) is 11.8 Å². The Bertz CT molecular complexity index is 1160. The minimum Gasteiger partial charge on any atom is -0.482 e. The van der Waals surface area contributed by atoms with Gasteiger partial charge in [-0.2, -0.15) is 5.10 Å². The number of nitrogens with zero attached hydrogens (tertiary/aromatic N) is 3. The van der Waals surface area contributed by atoms with Gasteiger partial charge in [0.1, 0.15) is 5.75 Å². The van der Waals surface area contributed by atoms with Crippen molar-refractivity contribution in [1.29, 1.82) is 0 Å². The Morgan fingerprint density at radius 2 is 2.03 bits per heavy atom. The third-order valence-corrected chi connectivity index (χ3v) is 5.97. The average Bonchev–Trinajstić information content (AvgIpc) is 3.13. The highest BCUT2D eigenvalue weighted by atomic mass is 32.2. The van der Waals surface area contributed by atoms with Crippen molar-refractivity contribution < 1.29 is 9.53 Å². The van der Waals surface area contributed by atoms with E-state index >= 15 is 0 Å². The summed E-state index contributed by atoms with van der Waals surface area (Å²) in [6.07, 6.45) is 3.89. The molecule has 1 amide bonds. The first-order valence-corrected chi connectivity index (χ1v) is 11.6. The molecule has 2 heterocycles. The van der Waals surface area contributed by atoms with Crippen molar-refractivity contribution in [2.24, 2.45) is 10.1 Å². The first-order chi connectivity index (χ1) is 14.5. The molecule has 1 aliphatic rings. The Balaban J connectivity index is 1.75. The Morgan fingerprint density at radius 1 is 1.23 bits per heavy atom. The molecule has 2 aromatic carbocycles. The third kappa shape index (κ3) is 4.49. The van der Waals surface area contributed by atoms with Gasteiger partial charge in [0.25, 0.3) is 5.91 Å². The first-order valence-electron chi connectivity index (χ1n) is 9.53. The van der Waals surface area contributed by atoms with Crippen LogP contribution >= 0.6 is 23.1 Å². The number of carbonyl (C=O) groups excluding carboxylic acids is 1. The number of nitrogens with one attached hydrogen (secondary N) is 1. The molecule has 6 nitrogen and oxygen atoms in total. The van der Waals surface area contributed by atoms with Gasteiger partial charge >= 0.3 is 0 Å². The van der Waals surface area contributed by atoms with Gasteiger partial charge in [-0.1, -0.05) is 12.1 Å². The van der Waals surface area contributed by atoms with Crippen molar-refractivity contribution in [3.05, 3.63) is 58.2 Å². The molecule has 0 bridgehead atoms. The van der Waals surface area contributed by atoms with E-state index in [-0.39, 0.29) is 18.6 Å². The van der Waals surface area contributed by atoms with Gasteiger partial charge < -0.3 is 10.1 Å². The molecule has 1 aliphatic heterocycles. The van der Waals surface area contributed by atoms with Crippen LogP contribution in [-0.2, 0) is 4.79 Å². The summed E-state index contributed by atoms with van der Waals surface area (Å²) in [5, 5.41) is 9.63. The molecule has 30 heavy (non-hydrogen) atoms. The van der Waals surface area contributed by atoms with Crippen LogP contribution in [0.15, 0.2) is 62.8 Å². The molecule has 0 spiro atoms. The summed E-state index contributed by atoms with van der Waals surface area (Å²) in [5.74, 6) is 0.518. The summed E-state index contributed by atoms with van der Waals surface area (Å²) in [4.78, 5) is 18.4. The molecule has 1 aromatic heterocycles. The number of rotatable bonds is 5. The Kier molecular flexibility index (Phi) is 6.06. The largest absolute Gasteiger partial charge is 0.482 e. The number of aromatic nitrogens is 1. The number of hydrogen-bond acceptors (Lipinski definition) is 6. The fourth-order valence-electron chi connectivity index (χ4n) is 2.98. The van der Waals surface area contributed by atoms with Crippen LogP contribution in [0.3, 0.4) is 0 Å². The number of fused-ring (bicyclic) bond motifs is 1. The summed E-state index contributed by atoms with van der Waals surface area (Å²) in [7, 11) is 0. The molecule has 3 aromatic rings. The molecule has 0 saturated heterocycles. The lowest BCUT2D eigenvalue weighted by Gasteiger charge is -2.18. The number of amides is 1. The molecule has 0 atom stereocenters. The van der Waals surface area contributed by atoms with E-state index in [0.29, 0.717) is 11.4 Å². The molecule has 0 unspecified atom stereocenters. The highest BCUT2D eigenvalue weighted by Gasteiger charge is 2.17. The molecular weight excluding hydrogens is 416 g/mol. The maximum Gasteiger partial charge on any atom is 0.262 e. The van der Waals surface area contributed by atoms with E-state index in [2.05, 4.69) is 23.7 Å². The SMILES string of the molecule is CSc1ccc(C=Nn2c(-c3ccc4c(c3)NC(=O)CO4)csc2=NC(C)C)cc1. The number of thiazole rings is 1. The minimum atomic E-state index is -0.153. The smallest absolute Gasteiger partial charge is 0.262 e. The normalized spacial score (nSPS) is 14.1. The number of thioether (sulfide) groups is 1. The Hall–Kier alpha value is -2.84. The van der Waals surface area contributed by atoms with Gasteiger partial charge in [0.05, 0.1) is 17.6 Å². The van der Waals surface area contributed by atoms with Gasteiger partial charge in [-0.25, -0.2) is 4.68 Å². The summed E-state index contributed by atoms with van der Waals surface area (Å²) >= 11 is 3.25. The van der Waals surface area contributed by atoms with Crippen molar-refractivity contribution in [3.63, 3.8) is 0 Å². The summed E-state index contributed by atoms with van der Waals surface area (Å²) in [6, 6.07) is 14.2. The zero-order valence-corrected chi connectivity index (χ0v) is 18.6. The van der Waals surface area contributed by atoms with E-state index in [0.717, 1.165) is 21.6 Å². The van der Waals surface area contributed by atoms with Crippen molar-refractivity contribution in [3.8, 4) is 17.0 Å². The molecule has 1 N–H and O–H groups in total. The fraction of sp³-hybridized carbons (Fsp3) is 0.227. The zero-order chi connectivity index (χ0) is 21.1. The van der Waals surface area contributed by atoms with Gasteiger partial charge in [0.2, 0.25) is 4.80 Å². The lowest BCUT2D eigenvalue weighted by molar-refractivity contribution is -0.118. The lowest BCUT2D eigenvalue weighted by Crippen LogP contribution is -2.25. The summed E-state index contributed by atoms with van der Waals surface area (Å²) in [5.41, 5.74) is 3.51. The zero-order valence-electron chi connectivity index (χ0n) is 17.0. The van der Waals surface area contributed by atoms with Crippen LogP contribution in [0.1, 0.15) is 19.4 Å². The van der Waals surface area contributed by atoms with E-state index < -0.39 is 0 Å². The van der Waals surface area contributed by atoms with E-state index in [9.17, 15) is 4.79 Å². The molecule has 0 radical (unpaired) electrons. The maximum absolute atomic E-state index is 11.7. The number of hydrogen-bond donors (Lipinski definition) is 1.